The molecule has 9 heteroatoms. The molecular weight excluding hydrogens is 330 g/mol. The average Bonchev–Trinajstić information content (AvgIpc) is 3.22. The van der Waals surface area contributed by atoms with Gasteiger partial charge >= 0.3 is 0 Å². The average molecular weight is 349 g/mol. The lowest BCUT2D eigenvalue weighted by Crippen LogP contribution is -2.42. The van der Waals surface area contributed by atoms with E-state index in [1.165, 1.54) is 0 Å². The number of carbonyl (C=O) groups excluding carboxylic acids is 1. The number of aromatic amines is 2. The minimum absolute atomic E-state index is 0.0648. The summed E-state index contributed by atoms with van der Waals surface area (Å²) < 4.78 is 23.1. The zero-order valence-corrected chi connectivity index (χ0v) is 14.0. The number of sulfone groups is 1. The molecule has 2 aromatic heterocycles. The van der Waals surface area contributed by atoms with Crippen LogP contribution in [0.25, 0.3) is 11.4 Å². The van der Waals surface area contributed by atoms with Crippen LogP contribution < -0.4 is 0 Å². The fourth-order valence-corrected chi connectivity index (χ4v) is 4.89. The normalized spacial score (nSPS) is 20.8. The van der Waals surface area contributed by atoms with E-state index >= 15 is 0 Å². The van der Waals surface area contributed by atoms with Crippen molar-refractivity contribution in [1.82, 2.24) is 25.1 Å². The van der Waals surface area contributed by atoms with Gasteiger partial charge in [0.1, 0.15) is 15.7 Å². The molecule has 1 fully saturated rings. The molecule has 0 radical (unpaired) electrons. The van der Waals surface area contributed by atoms with Crippen molar-refractivity contribution in [3.63, 3.8) is 0 Å². The van der Waals surface area contributed by atoms with Crippen LogP contribution in [-0.4, -0.2) is 57.4 Å². The molecule has 0 unspecified atom stereocenters. The van der Waals surface area contributed by atoms with E-state index in [1.807, 2.05) is 4.90 Å². The molecule has 0 bridgehead atoms. The number of hydrogen-bond acceptors (Lipinski definition) is 5. The highest BCUT2D eigenvalue weighted by Gasteiger charge is 2.33. The largest absolute Gasteiger partial charge is 0.340 e. The zero-order chi connectivity index (χ0) is 16.7. The molecule has 128 valence electrons. The molecule has 2 aliphatic rings. The number of nitrogens with one attached hydrogen (secondary N) is 2. The summed E-state index contributed by atoms with van der Waals surface area (Å²) in [6.07, 6.45) is 5.06. The molecule has 8 nitrogen and oxygen atoms in total. The van der Waals surface area contributed by atoms with E-state index in [-0.39, 0.29) is 23.3 Å². The van der Waals surface area contributed by atoms with Crippen molar-refractivity contribution in [1.29, 1.82) is 0 Å². The molecule has 4 heterocycles. The molecule has 0 aromatic carbocycles. The minimum atomic E-state index is -2.95. The van der Waals surface area contributed by atoms with Crippen molar-refractivity contribution in [2.24, 2.45) is 5.92 Å². The van der Waals surface area contributed by atoms with Gasteiger partial charge in [0.25, 0.3) is 0 Å². The van der Waals surface area contributed by atoms with E-state index < -0.39 is 9.84 Å². The summed E-state index contributed by atoms with van der Waals surface area (Å²) in [6, 6.07) is 0. The van der Waals surface area contributed by atoms with Crippen LogP contribution in [-0.2, 0) is 27.6 Å². The van der Waals surface area contributed by atoms with Crippen LogP contribution in [0.2, 0.25) is 0 Å². The lowest BCUT2D eigenvalue weighted by atomic mass is 9.99. The molecule has 0 saturated carbocycles. The van der Waals surface area contributed by atoms with Crippen molar-refractivity contribution in [3.8, 4) is 11.4 Å². The smallest absolute Gasteiger partial charge is 0.226 e. The quantitative estimate of drug-likeness (QED) is 0.820. The van der Waals surface area contributed by atoms with Crippen LogP contribution in [0, 0.1) is 5.92 Å². The second-order valence-corrected chi connectivity index (χ2v) is 8.74. The lowest BCUT2D eigenvalue weighted by molar-refractivity contribution is -0.136. The molecule has 4 rings (SSSR count). The van der Waals surface area contributed by atoms with Crippen LogP contribution in [0.4, 0.5) is 0 Å². The lowest BCUT2D eigenvalue weighted by Gasteiger charge is -2.31. The van der Waals surface area contributed by atoms with E-state index in [0.717, 1.165) is 22.8 Å². The topological polar surface area (TPSA) is 112 Å². The summed E-state index contributed by atoms with van der Waals surface area (Å²) in [7, 11) is -2.95. The molecule has 2 aliphatic heterocycles. The van der Waals surface area contributed by atoms with E-state index in [0.29, 0.717) is 32.4 Å². The number of amides is 1. The number of hydrogen-bond donors (Lipinski definition) is 2. The Morgan fingerprint density at radius 3 is 2.79 bits per heavy atom. The van der Waals surface area contributed by atoms with E-state index in [4.69, 9.17) is 0 Å². The van der Waals surface area contributed by atoms with Crippen molar-refractivity contribution >= 4 is 15.7 Å². The van der Waals surface area contributed by atoms with Gasteiger partial charge < -0.3 is 9.88 Å². The van der Waals surface area contributed by atoms with Gasteiger partial charge in [-0.25, -0.2) is 13.4 Å². The second kappa shape index (κ2) is 5.73. The third-order valence-electron chi connectivity index (χ3n) is 4.82. The van der Waals surface area contributed by atoms with E-state index in [9.17, 15) is 13.2 Å². The molecule has 0 aliphatic carbocycles. The van der Waals surface area contributed by atoms with E-state index in [2.05, 4.69) is 20.2 Å². The van der Waals surface area contributed by atoms with Gasteiger partial charge in [0.15, 0.2) is 0 Å². The molecular formula is C15H19N5O3S. The Balaban J connectivity index is 1.47. The predicted octanol–water partition coefficient (Wildman–Crippen LogP) is 0.509. The summed E-state index contributed by atoms with van der Waals surface area (Å²) in [5.41, 5.74) is 2.83. The standard InChI is InChI=1S/C15H19N5O3S/c21-15(10-2-5-24(22,23)6-3-10)20-4-1-12-13(9-20)19-14(18-12)11-7-16-17-8-11/h7-8,10H,1-6,9H2,(H,16,17)(H,18,19). The first-order chi connectivity index (χ1) is 11.5. The van der Waals surface area contributed by atoms with Gasteiger partial charge in [0.05, 0.1) is 41.2 Å². The minimum Gasteiger partial charge on any atom is -0.340 e. The first-order valence-electron chi connectivity index (χ1n) is 8.08. The Bertz CT molecular complexity index is 842. The van der Waals surface area contributed by atoms with Crippen LogP contribution in [0.15, 0.2) is 12.4 Å². The van der Waals surface area contributed by atoms with Crippen LogP contribution in [0.3, 0.4) is 0 Å². The second-order valence-electron chi connectivity index (χ2n) is 6.43. The van der Waals surface area contributed by atoms with Crippen LogP contribution in [0.1, 0.15) is 24.2 Å². The van der Waals surface area contributed by atoms with Gasteiger partial charge in [-0.1, -0.05) is 0 Å². The third-order valence-corrected chi connectivity index (χ3v) is 6.53. The third kappa shape index (κ3) is 2.83. The Kier molecular flexibility index (Phi) is 3.67. The molecule has 1 amide bonds. The molecule has 0 atom stereocenters. The highest BCUT2D eigenvalue weighted by atomic mass is 32.2. The maximum Gasteiger partial charge on any atom is 0.226 e. The number of imidazole rings is 1. The van der Waals surface area contributed by atoms with E-state index in [1.54, 1.807) is 12.4 Å². The molecule has 2 aromatic rings. The molecule has 2 N–H and O–H groups in total. The summed E-state index contributed by atoms with van der Waals surface area (Å²) in [5.74, 6) is 0.891. The first-order valence-corrected chi connectivity index (χ1v) is 9.90. The fraction of sp³-hybridized carbons (Fsp3) is 0.533. The van der Waals surface area contributed by atoms with Crippen LogP contribution in [0.5, 0.6) is 0 Å². The molecule has 24 heavy (non-hydrogen) atoms. The predicted molar refractivity (Wildman–Crippen MR) is 86.7 cm³/mol. The van der Waals surface area contributed by atoms with Crippen molar-refractivity contribution in [2.45, 2.75) is 25.8 Å². The maximum atomic E-state index is 12.7. The van der Waals surface area contributed by atoms with Gasteiger partial charge in [-0.15, -0.1) is 0 Å². The van der Waals surface area contributed by atoms with Gasteiger partial charge in [-0.3, -0.25) is 9.89 Å². The highest BCUT2D eigenvalue weighted by Crippen LogP contribution is 2.26. The van der Waals surface area contributed by atoms with Gasteiger partial charge in [0, 0.05) is 25.1 Å². The van der Waals surface area contributed by atoms with Crippen LogP contribution >= 0.6 is 0 Å². The Labute approximate surface area is 139 Å². The van der Waals surface area contributed by atoms with Crippen molar-refractivity contribution < 1.29 is 13.2 Å². The van der Waals surface area contributed by atoms with Gasteiger partial charge in [0.2, 0.25) is 5.91 Å². The zero-order valence-electron chi connectivity index (χ0n) is 13.2. The summed E-state index contributed by atoms with van der Waals surface area (Å²) in [4.78, 5) is 22.4. The summed E-state index contributed by atoms with van der Waals surface area (Å²) >= 11 is 0. The number of carbonyl (C=O) groups is 1. The number of rotatable bonds is 2. The number of H-pyrrole nitrogens is 2. The van der Waals surface area contributed by atoms with Gasteiger partial charge in [-0.05, 0) is 12.8 Å². The molecule has 0 spiro atoms. The monoisotopic (exact) mass is 349 g/mol. The number of fused-ring (bicyclic) bond motifs is 1. The summed E-state index contributed by atoms with van der Waals surface area (Å²) in [5, 5.41) is 6.68. The summed E-state index contributed by atoms with van der Waals surface area (Å²) in [6.45, 7) is 1.13. The van der Waals surface area contributed by atoms with Crippen molar-refractivity contribution in [2.75, 3.05) is 18.1 Å². The highest BCUT2D eigenvalue weighted by molar-refractivity contribution is 7.91. The maximum absolute atomic E-state index is 12.7. The van der Waals surface area contributed by atoms with Gasteiger partial charge in [-0.2, -0.15) is 5.10 Å². The Morgan fingerprint density at radius 1 is 1.29 bits per heavy atom. The number of nitrogens with zero attached hydrogens (tertiary/aromatic N) is 3. The Morgan fingerprint density at radius 2 is 2.08 bits per heavy atom. The molecule has 1 saturated heterocycles. The fourth-order valence-electron chi connectivity index (χ4n) is 3.39. The van der Waals surface area contributed by atoms with Crippen molar-refractivity contribution in [3.05, 3.63) is 23.8 Å². The first kappa shape index (κ1) is 15.4. The SMILES string of the molecule is O=C(C1CCS(=O)(=O)CC1)N1CCc2nc(-c3cn[nH]c3)[nH]c2C1. The Hall–Kier alpha value is -2.16. The number of aromatic nitrogens is 4.